The Morgan fingerprint density at radius 1 is 1.53 bits per heavy atom. The number of ether oxygens (including phenoxy) is 1. The molecule has 0 bridgehead atoms. The molecule has 0 aliphatic heterocycles. The van der Waals surface area contributed by atoms with Crippen molar-refractivity contribution in [1.29, 1.82) is 0 Å². The van der Waals surface area contributed by atoms with Gasteiger partial charge in [-0.3, -0.25) is 0 Å². The van der Waals surface area contributed by atoms with Crippen LogP contribution in [0.5, 0.6) is 5.88 Å². The van der Waals surface area contributed by atoms with Crippen LogP contribution >= 0.6 is 0 Å². The molecular weight excluding hydrogens is 192 g/mol. The summed E-state index contributed by atoms with van der Waals surface area (Å²) in [5, 5.41) is 3.11. The predicted molar refractivity (Wildman–Crippen MR) is 60.1 cm³/mol. The quantitative estimate of drug-likeness (QED) is 0.756. The molecule has 0 spiro atoms. The van der Waals surface area contributed by atoms with E-state index in [0.717, 1.165) is 18.7 Å². The van der Waals surface area contributed by atoms with Crippen molar-refractivity contribution >= 4 is 5.95 Å². The summed E-state index contributed by atoms with van der Waals surface area (Å²) in [5.41, 5.74) is 6.52. The van der Waals surface area contributed by atoms with Crippen LogP contribution in [0.3, 0.4) is 0 Å². The second kappa shape index (κ2) is 5.50. The molecule has 5 nitrogen and oxygen atoms in total. The van der Waals surface area contributed by atoms with Crippen LogP contribution in [0.2, 0.25) is 0 Å². The topological polar surface area (TPSA) is 73.1 Å². The summed E-state index contributed by atoms with van der Waals surface area (Å²) in [7, 11) is 1.59. The molecule has 84 valence electrons. The molecule has 0 radical (unpaired) electrons. The number of aromatic nitrogens is 2. The minimum atomic E-state index is 0.184. The summed E-state index contributed by atoms with van der Waals surface area (Å²) >= 11 is 0. The fraction of sp³-hybridized carbons (Fsp3) is 0.600. The molecule has 1 rings (SSSR count). The van der Waals surface area contributed by atoms with Crippen LogP contribution in [0.15, 0.2) is 6.07 Å². The van der Waals surface area contributed by atoms with Crippen molar-refractivity contribution in [2.75, 3.05) is 19.0 Å². The van der Waals surface area contributed by atoms with Gasteiger partial charge in [0.15, 0.2) is 0 Å². The van der Waals surface area contributed by atoms with Gasteiger partial charge in [0, 0.05) is 24.3 Å². The number of hydrogen-bond donors (Lipinski definition) is 2. The van der Waals surface area contributed by atoms with Crippen molar-refractivity contribution in [3.05, 3.63) is 11.8 Å². The van der Waals surface area contributed by atoms with E-state index in [0.29, 0.717) is 11.8 Å². The summed E-state index contributed by atoms with van der Waals surface area (Å²) in [4.78, 5) is 8.40. The third kappa shape index (κ3) is 4.12. The Balaban J connectivity index is 2.56. The number of aryl methyl sites for hydroxylation is 1. The monoisotopic (exact) mass is 210 g/mol. The van der Waals surface area contributed by atoms with Crippen LogP contribution in [0.4, 0.5) is 5.95 Å². The normalized spacial score (nSPS) is 12.3. The van der Waals surface area contributed by atoms with Gasteiger partial charge in [-0.05, 0) is 20.3 Å². The Morgan fingerprint density at radius 3 is 2.87 bits per heavy atom. The van der Waals surface area contributed by atoms with Crippen molar-refractivity contribution in [1.82, 2.24) is 9.97 Å². The van der Waals surface area contributed by atoms with Crippen LogP contribution in [0, 0.1) is 6.92 Å². The minimum absolute atomic E-state index is 0.184. The van der Waals surface area contributed by atoms with Gasteiger partial charge < -0.3 is 15.8 Å². The van der Waals surface area contributed by atoms with E-state index < -0.39 is 0 Å². The van der Waals surface area contributed by atoms with E-state index in [1.54, 1.807) is 13.2 Å². The number of hydrogen-bond acceptors (Lipinski definition) is 5. The fourth-order valence-corrected chi connectivity index (χ4v) is 1.13. The first-order valence-corrected chi connectivity index (χ1v) is 5.01. The van der Waals surface area contributed by atoms with E-state index >= 15 is 0 Å². The molecule has 0 saturated carbocycles. The molecule has 5 heteroatoms. The van der Waals surface area contributed by atoms with E-state index in [1.807, 2.05) is 13.8 Å². The zero-order valence-corrected chi connectivity index (χ0v) is 9.45. The van der Waals surface area contributed by atoms with Gasteiger partial charge in [0.1, 0.15) is 0 Å². The smallest absolute Gasteiger partial charge is 0.226 e. The Morgan fingerprint density at radius 2 is 2.27 bits per heavy atom. The first-order chi connectivity index (χ1) is 7.11. The maximum absolute atomic E-state index is 5.64. The van der Waals surface area contributed by atoms with E-state index in [4.69, 9.17) is 10.5 Å². The molecule has 0 fully saturated rings. The second-order valence-electron chi connectivity index (χ2n) is 3.57. The molecule has 0 aliphatic carbocycles. The van der Waals surface area contributed by atoms with Gasteiger partial charge in [0.25, 0.3) is 0 Å². The molecule has 1 aromatic heterocycles. The van der Waals surface area contributed by atoms with Crippen molar-refractivity contribution in [3.63, 3.8) is 0 Å². The number of anilines is 1. The average molecular weight is 210 g/mol. The van der Waals surface area contributed by atoms with E-state index in [2.05, 4.69) is 15.3 Å². The van der Waals surface area contributed by atoms with Gasteiger partial charge in [-0.1, -0.05) is 0 Å². The molecule has 0 saturated heterocycles. The van der Waals surface area contributed by atoms with E-state index in [-0.39, 0.29) is 6.04 Å². The Kier molecular flexibility index (Phi) is 4.30. The van der Waals surface area contributed by atoms with Crippen LogP contribution in [0.1, 0.15) is 19.0 Å². The highest BCUT2D eigenvalue weighted by molar-refractivity contribution is 5.30. The highest BCUT2D eigenvalue weighted by Crippen LogP contribution is 2.10. The molecule has 1 aromatic rings. The summed E-state index contributed by atoms with van der Waals surface area (Å²) in [6, 6.07) is 1.97. The summed E-state index contributed by atoms with van der Waals surface area (Å²) in [6.45, 7) is 4.64. The lowest BCUT2D eigenvalue weighted by molar-refractivity contribution is 0.397. The summed E-state index contributed by atoms with van der Waals surface area (Å²) < 4.78 is 5.05. The zero-order valence-electron chi connectivity index (χ0n) is 9.45. The molecule has 15 heavy (non-hydrogen) atoms. The van der Waals surface area contributed by atoms with Gasteiger partial charge in [-0.2, -0.15) is 4.98 Å². The van der Waals surface area contributed by atoms with Crippen LogP contribution in [0.25, 0.3) is 0 Å². The Bertz CT molecular complexity index is 314. The number of nitrogens with one attached hydrogen (secondary N) is 1. The third-order valence-electron chi connectivity index (χ3n) is 1.92. The van der Waals surface area contributed by atoms with Gasteiger partial charge in [-0.25, -0.2) is 4.98 Å². The SMILES string of the molecule is COc1cc(C)nc(NCCC(C)N)n1. The molecule has 1 heterocycles. The third-order valence-corrected chi connectivity index (χ3v) is 1.92. The van der Waals surface area contributed by atoms with Crippen LogP contribution in [-0.2, 0) is 0 Å². The lowest BCUT2D eigenvalue weighted by Gasteiger charge is -2.08. The molecule has 3 N–H and O–H groups in total. The van der Waals surface area contributed by atoms with E-state index in [1.165, 1.54) is 0 Å². The number of nitrogens with two attached hydrogens (primary N) is 1. The molecule has 0 aromatic carbocycles. The highest BCUT2D eigenvalue weighted by atomic mass is 16.5. The summed E-state index contributed by atoms with van der Waals surface area (Å²) in [5.74, 6) is 1.17. The lowest BCUT2D eigenvalue weighted by atomic mass is 10.2. The first-order valence-electron chi connectivity index (χ1n) is 5.01. The number of nitrogens with zero attached hydrogens (tertiary/aromatic N) is 2. The van der Waals surface area contributed by atoms with Gasteiger partial charge in [0.2, 0.25) is 11.8 Å². The molecule has 0 aliphatic rings. The maximum atomic E-state index is 5.64. The van der Waals surface area contributed by atoms with Crippen molar-refractivity contribution in [2.24, 2.45) is 5.73 Å². The molecular formula is C10H18N4O. The molecule has 0 amide bonds. The highest BCUT2D eigenvalue weighted by Gasteiger charge is 2.01. The van der Waals surface area contributed by atoms with Gasteiger partial charge >= 0.3 is 0 Å². The standard InChI is InChI=1S/C10H18N4O/c1-7(11)4-5-12-10-13-8(2)6-9(14-10)15-3/h6-7H,4-5,11H2,1-3H3,(H,12,13,14). The average Bonchev–Trinajstić information content (AvgIpc) is 2.16. The van der Waals surface area contributed by atoms with Crippen molar-refractivity contribution < 1.29 is 4.74 Å². The number of methoxy groups -OCH3 is 1. The summed E-state index contributed by atoms with van der Waals surface area (Å²) in [6.07, 6.45) is 0.889. The Labute approximate surface area is 90.1 Å². The van der Waals surface area contributed by atoms with Crippen molar-refractivity contribution in [3.8, 4) is 5.88 Å². The predicted octanol–water partition coefficient (Wildman–Crippen LogP) is 0.943. The molecule has 1 unspecified atom stereocenters. The second-order valence-corrected chi connectivity index (χ2v) is 3.57. The van der Waals surface area contributed by atoms with Crippen LogP contribution in [-0.4, -0.2) is 29.7 Å². The van der Waals surface area contributed by atoms with Gasteiger partial charge in [0.05, 0.1) is 7.11 Å². The van der Waals surface area contributed by atoms with Gasteiger partial charge in [-0.15, -0.1) is 0 Å². The minimum Gasteiger partial charge on any atom is -0.481 e. The molecule has 1 atom stereocenters. The maximum Gasteiger partial charge on any atom is 0.226 e. The first kappa shape index (κ1) is 11.7. The fourth-order valence-electron chi connectivity index (χ4n) is 1.13. The lowest BCUT2D eigenvalue weighted by Crippen LogP contribution is -2.19. The van der Waals surface area contributed by atoms with Crippen LogP contribution < -0.4 is 15.8 Å². The van der Waals surface area contributed by atoms with E-state index in [9.17, 15) is 0 Å². The van der Waals surface area contributed by atoms with Crippen molar-refractivity contribution in [2.45, 2.75) is 26.3 Å². The Hall–Kier alpha value is -1.36. The number of rotatable bonds is 5. The largest absolute Gasteiger partial charge is 0.481 e. The zero-order chi connectivity index (χ0) is 11.3.